The molecule has 75 valence electrons. The van der Waals surface area contributed by atoms with Crippen molar-refractivity contribution in [3.8, 4) is 0 Å². The van der Waals surface area contributed by atoms with Crippen LogP contribution in [0.1, 0.15) is 11.3 Å². The molecule has 0 atom stereocenters. The molecular formula is C12H10KN2S. The van der Waals surface area contributed by atoms with Crippen molar-refractivity contribution in [1.82, 2.24) is 9.97 Å². The van der Waals surface area contributed by atoms with Crippen molar-refractivity contribution < 1.29 is 0 Å². The van der Waals surface area contributed by atoms with Crippen LogP contribution >= 0.6 is 12.2 Å². The van der Waals surface area contributed by atoms with E-state index in [4.69, 9.17) is 12.2 Å². The summed E-state index contributed by atoms with van der Waals surface area (Å²) in [7, 11) is 0. The molecule has 0 aliphatic carbocycles. The molecule has 1 radical (unpaired) electrons. The third kappa shape index (κ3) is 4.41. The Morgan fingerprint density at radius 1 is 1.06 bits per heavy atom. The van der Waals surface area contributed by atoms with Crippen LogP contribution in [-0.2, 0) is 0 Å². The number of H-pyrrole nitrogens is 1. The van der Waals surface area contributed by atoms with E-state index in [0.717, 1.165) is 11.3 Å². The molecular weight excluding hydrogens is 243 g/mol. The standard InChI is InChI=1S/C12H10N2S.K/c15-12-13-9-8-11(14-12)7-6-10-4-2-1-3-5-10;/h1-9H,(H,13,14,15);. The molecule has 0 amide bonds. The van der Waals surface area contributed by atoms with Gasteiger partial charge in [0.25, 0.3) is 0 Å². The largest absolute Gasteiger partial charge is 0.331 e. The Bertz CT molecular complexity index is 520. The minimum atomic E-state index is 0. The van der Waals surface area contributed by atoms with Crippen molar-refractivity contribution in [1.29, 1.82) is 0 Å². The van der Waals surface area contributed by atoms with E-state index in [2.05, 4.69) is 9.97 Å². The van der Waals surface area contributed by atoms with E-state index < -0.39 is 0 Å². The van der Waals surface area contributed by atoms with Crippen LogP contribution in [0.4, 0.5) is 0 Å². The minimum absolute atomic E-state index is 0. The van der Waals surface area contributed by atoms with Gasteiger partial charge in [-0.3, -0.25) is 0 Å². The molecule has 0 bridgehead atoms. The molecule has 0 aliphatic rings. The Balaban J connectivity index is 0.00000128. The quantitative estimate of drug-likeness (QED) is 0.658. The van der Waals surface area contributed by atoms with E-state index >= 15 is 0 Å². The predicted octanol–water partition coefficient (Wildman–Crippen LogP) is 2.93. The van der Waals surface area contributed by atoms with Gasteiger partial charge in [-0.15, -0.1) is 0 Å². The van der Waals surface area contributed by atoms with Crippen molar-refractivity contribution in [2.45, 2.75) is 0 Å². The second-order valence-corrected chi connectivity index (χ2v) is 3.46. The predicted molar refractivity (Wildman–Crippen MR) is 70.5 cm³/mol. The zero-order chi connectivity index (χ0) is 10.5. The molecule has 0 aliphatic heterocycles. The number of aromatic amines is 1. The van der Waals surface area contributed by atoms with Crippen LogP contribution < -0.4 is 0 Å². The second-order valence-electron chi connectivity index (χ2n) is 3.07. The SMILES string of the molecule is S=c1nccc(C=Cc2ccccc2)[nH]1.[K]. The van der Waals surface area contributed by atoms with Gasteiger partial charge in [0.1, 0.15) is 0 Å². The summed E-state index contributed by atoms with van der Waals surface area (Å²) in [4.78, 5) is 6.91. The number of benzene rings is 1. The fourth-order valence-electron chi connectivity index (χ4n) is 1.23. The number of aromatic nitrogens is 2. The van der Waals surface area contributed by atoms with Gasteiger partial charge in [0.2, 0.25) is 0 Å². The molecule has 0 saturated heterocycles. The number of hydrogen-bond donors (Lipinski definition) is 1. The summed E-state index contributed by atoms with van der Waals surface area (Å²) in [5.41, 5.74) is 2.12. The molecule has 1 aromatic heterocycles. The van der Waals surface area contributed by atoms with Crippen LogP contribution in [-0.4, -0.2) is 61.4 Å². The molecule has 1 N–H and O–H groups in total. The summed E-state index contributed by atoms with van der Waals surface area (Å²) in [6.07, 6.45) is 5.71. The summed E-state index contributed by atoms with van der Waals surface area (Å²) in [6, 6.07) is 12.0. The fraction of sp³-hybridized carbons (Fsp3) is 0. The summed E-state index contributed by atoms with van der Waals surface area (Å²) in [5, 5.41) is 0. The minimum Gasteiger partial charge on any atom is -0.331 e. The van der Waals surface area contributed by atoms with E-state index in [9.17, 15) is 0 Å². The molecule has 2 nitrogen and oxygen atoms in total. The molecule has 0 spiro atoms. The van der Waals surface area contributed by atoms with E-state index in [0.29, 0.717) is 4.77 Å². The normalized spacial score (nSPS) is 10.0. The molecule has 0 saturated carbocycles. The first-order valence-corrected chi connectivity index (χ1v) is 5.04. The molecule has 16 heavy (non-hydrogen) atoms. The van der Waals surface area contributed by atoms with Crippen molar-refractivity contribution in [3.05, 3.63) is 58.6 Å². The van der Waals surface area contributed by atoms with Crippen LogP contribution in [0.15, 0.2) is 42.6 Å². The molecule has 1 heterocycles. The monoisotopic (exact) mass is 253 g/mol. The summed E-state index contributed by atoms with van der Waals surface area (Å²) >= 11 is 4.93. The first-order chi connectivity index (χ1) is 7.34. The average Bonchev–Trinajstić information content (AvgIpc) is 2.28. The van der Waals surface area contributed by atoms with E-state index in [1.807, 2.05) is 48.6 Å². The van der Waals surface area contributed by atoms with E-state index in [1.165, 1.54) is 0 Å². The Hall–Kier alpha value is -0.104. The Morgan fingerprint density at radius 3 is 2.50 bits per heavy atom. The molecule has 2 aromatic rings. The number of hydrogen-bond acceptors (Lipinski definition) is 2. The third-order valence-electron chi connectivity index (χ3n) is 1.95. The van der Waals surface area contributed by atoms with Crippen molar-refractivity contribution in [2.24, 2.45) is 0 Å². The van der Waals surface area contributed by atoms with Gasteiger partial charge < -0.3 is 4.98 Å². The van der Waals surface area contributed by atoms with Crippen molar-refractivity contribution in [2.75, 3.05) is 0 Å². The molecule has 2 rings (SSSR count). The number of nitrogens with zero attached hydrogens (tertiary/aromatic N) is 1. The van der Waals surface area contributed by atoms with E-state index in [1.54, 1.807) is 6.20 Å². The van der Waals surface area contributed by atoms with Gasteiger partial charge in [-0.25, -0.2) is 4.98 Å². The first-order valence-electron chi connectivity index (χ1n) is 4.63. The maximum absolute atomic E-state index is 4.93. The van der Waals surface area contributed by atoms with Crippen LogP contribution in [0, 0.1) is 4.77 Å². The van der Waals surface area contributed by atoms with Crippen LogP contribution in [0.3, 0.4) is 0 Å². The Kier molecular flexibility index (Phi) is 6.34. The summed E-state index contributed by atoms with van der Waals surface area (Å²) in [5.74, 6) is 0. The van der Waals surface area contributed by atoms with Gasteiger partial charge in [0.05, 0.1) is 0 Å². The molecule has 4 heteroatoms. The topological polar surface area (TPSA) is 28.7 Å². The molecule has 0 fully saturated rings. The van der Waals surface area contributed by atoms with Crippen LogP contribution in [0.5, 0.6) is 0 Å². The van der Waals surface area contributed by atoms with Crippen LogP contribution in [0.2, 0.25) is 0 Å². The first kappa shape index (κ1) is 14.0. The van der Waals surface area contributed by atoms with Gasteiger partial charge in [0, 0.05) is 63.3 Å². The van der Waals surface area contributed by atoms with Gasteiger partial charge in [-0.2, -0.15) is 0 Å². The maximum atomic E-state index is 4.93. The van der Waals surface area contributed by atoms with Gasteiger partial charge >= 0.3 is 0 Å². The third-order valence-corrected chi connectivity index (χ3v) is 2.16. The smallest absolute Gasteiger partial charge is 0.197 e. The van der Waals surface area contributed by atoms with Crippen LogP contribution in [0.25, 0.3) is 12.2 Å². The van der Waals surface area contributed by atoms with Gasteiger partial charge in [0.15, 0.2) is 4.77 Å². The fourth-order valence-corrected chi connectivity index (χ4v) is 1.41. The number of nitrogens with one attached hydrogen (secondary N) is 1. The second kappa shape index (κ2) is 7.27. The number of rotatable bonds is 2. The van der Waals surface area contributed by atoms with Crippen molar-refractivity contribution >= 4 is 75.8 Å². The molecule has 1 aromatic carbocycles. The van der Waals surface area contributed by atoms with Crippen molar-refractivity contribution in [3.63, 3.8) is 0 Å². The van der Waals surface area contributed by atoms with Gasteiger partial charge in [-0.05, 0) is 29.9 Å². The zero-order valence-electron chi connectivity index (χ0n) is 9.05. The Labute approximate surface area is 142 Å². The Morgan fingerprint density at radius 2 is 1.81 bits per heavy atom. The van der Waals surface area contributed by atoms with Gasteiger partial charge in [-0.1, -0.05) is 36.4 Å². The summed E-state index contributed by atoms with van der Waals surface area (Å²) in [6.45, 7) is 0. The van der Waals surface area contributed by atoms with E-state index in [-0.39, 0.29) is 51.4 Å². The summed E-state index contributed by atoms with van der Waals surface area (Å²) < 4.78 is 0.505. The molecule has 0 unspecified atom stereocenters. The maximum Gasteiger partial charge on any atom is 0.197 e. The average molecular weight is 253 g/mol. The zero-order valence-corrected chi connectivity index (χ0v) is 13.0.